The van der Waals surface area contributed by atoms with E-state index in [1.165, 1.54) is 6.42 Å². The van der Waals surface area contributed by atoms with Gasteiger partial charge >= 0.3 is 0 Å². The van der Waals surface area contributed by atoms with Crippen molar-refractivity contribution in [3.05, 3.63) is 23.8 Å². The summed E-state index contributed by atoms with van der Waals surface area (Å²) in [6.07, 6.45) is 8.87. The fourth-order valence-corrected chi connectivity index (χ4v) is 4.06. The van der Waals surface area contributed by atoms with E-state index in [2.05, 4.69) is 40.7 Å². The molecule has 5 heteroatoms. The van der Waals surface area contributed by atoms with E-state index >= 15 is 0 Å². The maximum atomic E-state index is 13.1. The molecule has 1 atom stereocenters. The van der Waals surface area contributed by atoms with Crippen molar-refractivity contribution in [2.45, 2.75) is 57.4 Å². The summed E-state index contributed by atoms with van der Waals surface area (Å²) in [5.41, 5.74) is 2.01. The van der Waals surface area contributed by atoms with Gasteiger partial charge in [-0.1, -0.05) is 0 Å². The van der Waals surface area contributed by atoms with Crippen molar-refractivity contribution in [1.29, 1.82) is 0 Å². The van der Waals surface area contributed by atoms with Crippen LogP contribution in [0.25, 0.3) is 0 Å². The Morgan fingerprint density at radius 3 is 2.65 bits per heavy atom. The number of hydrogen-bond acceptors (Lipinski definition) is 4. The summed E-state index contributed by atoms with van der Waals surface area (Å²) in [5, 5.41) is 0. The van der Waals surface area contributed by atoms with E-state index in [0.717, 1.165) is 56.6 Å². The Hall–Kier alpha value is -1.49. The van der Waals surface area contributed by atoms with Crippen LogP contribution in [0.5, 0.6) is 0 Å². The smallest absolute Gasteiger partial charge is 0.242 e. The molecule has 0 N–H and O–H groups in total. The number of aromatic nitrogens is 2. The number of nitrogens with zero attached hydrogens (tertiary/aromatic N) is 4. The minimum absolute atomic E-state index is 0.310. The molecule has 0 unspecified atom stereocenters. The summed E-state index contributed by atoms with van der Waals surface area (Å²) in [5.74, 6) is 0.775. The Morgan fingerprint density at radius 2 is 2.00 bits per heavy atom. The first-order valence-electron chi connectivity index (χ1n) is 8.79. The van der Waals surface area contributed by atoms with Gasteiger partial charge in [0.2, 0.25) is 5.91 Å². The molecule has 0 saturated carbocycles. The number of carbonyl (C=O) groups is 1. The van der Waals surface area contributed by atoms with E-state index < -0.39 is 0 Å². The molecule has 2 fully saturated rings. The molecule has 23 heavy (non-hydrogen) atoms. The van der Waals surface area contributed by atoms with Crippen molar-refractivity contribution in [1.82, 2.24) is 19.8 Å². The largest absolute Gasteiger partial charge is 0.341 e. The fourth-order valence-electron chi connectivity index (χ4n) is 4.06. The zero-order chi connectivity index (χ0) is 16.4. The Morgan fingerprint density at radius 1 is 1.26 bits per heavy atom. The minimum Gasteiger partial charge on any atom is -0.341 e. The van der Waals surface area contributed by atoms with Crippen LogP contribution in [-0.2, 0) is 4.79 Å². The van der Waals surface area contributed by atoms with Crippen molar-refractivity contribution in [2.24, 2.45) is 0 Å². The van der Waals surface area contributed by atoms with E-state index in [1.807, 2.05) is 6.20 Å². The molecule has 0 aliphatic carbocycles. The normalized spacial score (nSPS) is 27.2. The monoisotopic (exact) mass is 316 g/mol. The SMILES string of the molecule is Cc1cncnc1C1CCN(C(=O)[C@]2(C)CCCCN2C)CC1. The first-order chi connectivity index (χ1) is 11.0. The van der Waals surface area contributed by atoms with Crippen molar-refractivity contribution in [2.75, 3.05) is 26.7 Å². The van der Waals surface area contributed by atoms with Crippen LogP contribution >= 0.6 is 0 Å². The lowest BCUT2D eigenvalue weighted by molar-refractivity contribution is -0.146. The van der Waals surface area contributed by atoms with Crippen LogP contribution in [0.15, 0.2) is 12.5 Å². The second kappa shape index (κ2) is 6.56. The number of carbonyl (C=O) groups excluding carboxylic acids is 1. The Labute approximate surface area is 139 Å². The van der Waals surface area contributed by atoms with Crippen molar-refractivity contribution in [3.63, 3.8) is 0 Å². The van der Waals surface area contributed by atoms with Crippen LogP contribution in [-0.4, -0.2) is 57.9 Å². The van der Waals surface area contributed by atoms with Gasteiger partial charge in [0, 0.05) is 30.9 Å². The molecule has 126 valence electrons. The Kier molecular flexibility index (Phi) is 4.67. The van der Waals surface area contributed by atoms with Gasteiger partial charge in [-0.15, -0.1) is 0 Å². The minimum atomic E-state index is -0.310. The molecule has 2 aliphatic heterocycles. The van der Waals surface area contributed by atoms with Gasteiger partial charge in [-0.2, -0.15) is 0 Å². The molecule has 3 heterocycles. The molecule has 0 spiro atoms. The molecular weight excluding hydrogens is 288 g/mol. The first kappa shape index (κ1) is 16.4. The second-order valence-corrected chi connectivity index (χ2v) is 7.31. The van der Waals surface area contributed by atoms with E-state index in [4.69, 9.17) is 0 Å². The molecule has 2 saturated heterocycles. The third kappa shape index (κ3) is 3.11. The van der Waals surface area contributed by atoms with E-state index in [-0.39, 0.29) is 5.54 Å². The van der Waals surface area contributed by atoms with E-state index in [0.29, 0.717) is 11.8 Å². The summed E-state index contributed by atoms with van der Waals surface area (Å²) in [6, 6.07) is 0. The maximum Gasteiger partial charge on any atom is 0.242 e. The molecule has 3 rings (SSSR count). The molecule has 1 aromatic rings. The molecule has 0 aromatic carbocycles. The number of aryl methyl sites for hydroxylation is 1. The van der Waals surface area contributed by atoms with Gasteiger partial charge in [-0.25, -0.2) is 9.97 Å². The quantitative estimate of drug-likeness (QED) is 0.840. The maximum absolute atomic E-state index is 13.1. The predicted octanol–water partition coefficient (Wildman–Crippen LogP) is 2.37. The summed E-state index contributed by atoms with van der Waals surface area (Å²) >= 11 is 0. The van der Waals surface area contributed by atoms with Crippen LogP contribution in [0, 0.1) is 6.92 Å². The standard InChI is InChI=1S/C18H28N4O/c1-14-12-19-13-20-16(14)15-6-10-22(11-7-15)17(23)18(2)8-4-5-9-21(18)3/h12-13,15H,4-11H2,1-3H3/t18-/m0/s1. The van der Waals surface area contributed by atoms with Crippen LogP contribution in [0.2, 0.25) is 0 Å². The Bertz CT molecular complexity index is 568. The van der Waals surface area contributed by atoms with Gasteiger partial charge < -0.3 is 4.90 Å². The van der Waals surface area contributed by atoms with Crippen LogP contribution in [0.1, 0.15) is 56.2 Å². The summed E-state index contributed by atoms with van der Waals surface area (Å²) in [4.78, 5) is 25.9. The van der Waals surface area contributed by atoms with E-state index in [9.17, 15) is 4.79 Å². The number of piperidine rings is 2. The summed E-state index contributed by atoms with van der Waals surface area (Å²) in [6.45, 7) is 6.91. The average Bonchev–Trinajstić information content (AvgIpc) is 2.58. The van der Waals surface area contributed by atoms with Crippen LogP contribution in [0.3, 0.4) is 0 Å². The molecule has 1 aromatic heterocycles. The van der Waals surface area contributed by atoms with Gasteiger partial charge in [0.05, 0.1) is 5.54 Å². The highest BCUT2D eigenvalue weighted by molar-refractivity contribution is 5.86. The number of hydrogen-bond donors (Lipinski definition) is 0. The zero-order valence-corrected chi connectivity index (χ0v) is 14.6. The molecular formula is C18H28N4O. The molecule has 0 bridgehead atoms. The number of amides is 1. The van der Waals surface area contributed by atoms with Gasteiger partial charge in [0.15, 0.2) is 0 Å². The third-order valence-electron chi connectivity index (χ3n) is 5.81. The summed E-state index contributed by atoms with van der Waals surface area (Å²) in [7, 11) is 2.09. The zero-order valence-electron chi connectivity index (χ0n) is 14.6. The van der Waals surface area contributed by atoms with Gasteiger partial charge in [-0.3, -0.25) is 9.69 Å². The molecule has 0 radical (unpaired) electrons. The lowest BCUT2D eigenvalue weighted by Gasteiger charge is -2.45. The summed E-state index contributed by atoms with van der Waals surface area (Å²) < 4.78 is 0. The molecule has 5 nitrogen and oxygen atoms in total. The highest BCUT2D eigenvalue weighted by Crippen LogP contribution is 2.32. The number of likely N-dealkylation sites (N-methyl/N-ethyl adjacent to an activating group) is 1. The lowest BCUT2D eigenvalue weighted by atomic mass is 9.85. The fraction of sp³-hybridized carbons (Fsp3) is 0.722. The highest BCUT2D eigenvalue weighted by atomic mass is 16.2. The second-order valence-electron chi connectivity index (χ2n) is 7.31. The molecule has 2 aliphatic rings. The van der Waals surface area contributed by atoms with Gasteiger partial charge in [0.25, 0.3) is 0 Å². The molecule has 1 amide bonds. The van der Waals surface area contributed by atoms with Crippen LogP contribution < -0.4 is 0 Å². The predicted molar refractivity (Wildman–Crippen MR) is 90.2 cm³/mol. The topological polar surface area (TPSA) is 49.3 Å². The number of likely N-dealkylation sites (tertiary alicyclic amines) is 2. The van der Waals surface area contributed by atoms with Gasteiger partial charge in [0.1, 0.15) is 6.33 Å². The first-order valence-corrected chi connectivity index (χ1v) is 8.79. The third-order valence-corrected chi connectivity index (χ3v) is 5.81. The van der Waals surface area contributed by atoms with Crippen molar-refractivity contribution < 1.29 is 4.79 Å². The van der Waals surface area contributed by atoms with Crippen molar-refractivity contribution in [3.8, 4) is 0 Å². The number of rotatable bonds is 2. The lowest BCUT2D eigenvalue weighted by Crippen LogP contribution is -2.59. The van der Waals surface area contributed by atoms with E-state index in [1.54, 1.807) is 6.33 Å². The highest BCUT2D eigenvalue weighted by Gasteiger charge is 2.42. The average molecular weight is 316 g/mol. The van der Waals surface area contributed by atoms with Gasteiger partial charge in [-0.05, 0) is 65.1 Å². The van der Waals surface area contributed by atoms with Crippen LogP contribution in [0.4, 0.5) is 0 Å². The Balaban J connectivity index is 1.65. The van der Waals surface area contributed by atoms with Crippen molar-refractivity contribution >= 4 is 5.91 Å².